The second kappa shape index (κ2) is 3.70. The summed E-state index contributed by atoms with van der Waals surface area (Å²) in [5.41, 5.74) is 0.440. The molecule has 0 aromatic carbocycles. The third-order valence-electron chi connectivity index (χ3n) is 2.06. The van der Waals surface area contributed by atoms with Crippen LogP contribution >= 0.6 is 0 Å². The van der Waals surface area contributed by atoms with E-state index in [1.165, 1.54) is 4.57 Å². The first-order chi connectivity index (χ1) is 6.38. The minimum atomic E-state index is -4.17. The number of nitrogens with zero attached hydrogens (tertiary/aromatic N) is 2. The molecule has 5 nitrogen and oxygen atoms in total. The Morgan fingerprint density at radius 3 is 2.50 bits per heavy atom. The van der Waals surface area contributed by atoms with E-state index >= 15 is 0 Å². The van der Waals surface area contributed by atoms with E-state index in [0.717, 1.165) is 6.42 Å². The van der Waals surface area contributed by atoms with Crippen LogP contribution in [0.4, 0.5) is 0 Å². The van der Waals surface area contributed by atoms with E-state index in [9.17, 15) is 8.42 Å². The van der Waals surface area contributed by atoms with Crippen LogP contribution in [0.2, 0.25) is 0 Å². The van der Waals surface area contributed by atoms with Crippen molar-refractivity contribution in [3.05, 3.63) is 11.5 Å². The van der Waals surface area contributed by atoms with E-state index in [-0.39, 0.29) is 5.03 Å². The molecule has 0 unspecified atom stereocenters. The van der Waals surface area contributed by atoms with Crippen molar-refractivity contribution >= 4 is 10.1 Å². The summed E-state index contributed by atoms with van der Waals surface area (Å²) in [7, 11) is -2.59. The van der Waals surface area contributed by atoms with Crippen LogP contribution in [0.3, 0.4) is 0 Å². The molecule has 1 N–H and O–H groups in total. The third-order valence-corrected chi connectivity index (χ3v) is 3.06. The molecule has 1 aromatic heterocycles. The van der Waals surface area contributed by atoms with Crippen LogP contribution in [0.1, 0.15) is 24.9 Å². The van der Waals surface area contributed by atoms with Crippen LogP contribution in [-0.4, -0.2) is 22.5 Å². The van der Waals surface area contributed by atoms with Gasteiger partial charge in [-0.1, -0.05) is 13.3 Å². The molecule has 14 heavy (non-hydrogen) atoms. The van der Waals surface area contributed by atoms with E-state index in [1.54, 1.807) is 14.0 Å². The van der Waals surface area contributed by atoms with Crippen LogP contribution in [0.25, 0.3) is 0 Å². The first kappa shape index (κ1) is 11.2. The largest absolute Gasteiger partial charge is 0.320 e. The highest BCUT2D eigenvalue weighted by molar-refractivity contribution is 7.85. The molecule has 1 heterocycles. The van der Waals surface area contributed by atoms with E-state index in [4.69, 9.17) is 4.55 Å². The van der Waals surface area contributed by atoms with Gasteiger partial charge in [0.1, 0.15) is 5.82 Å². The molecule has 0 amide bonds. The van der Waals surface area contributed by atoms with Crippen LogP contribution in [0.5, 0.6) is 0 Å². The van der Waals surface area contributed by atoms with Gasteiger partial charge in [-0.25, -0.2) is 4.98 Å². The summed E-state index contributed by atoms with van der Waals surface area (Å²) in [4.78, 5) is 4.09. The summed E-state index contributed by atoms with van der Waals surface area (Å²) in [6, 6.07) is 0. The van der Waals surface area contributed by atoms with Gasteiger partial charge >= 0.3 is 10.1 Å². The average Bonchev–Trinajstić information content (AvgIpc) is 2.27. The van der Waals surface area contributed by atoms with Crippen molar-refractivity contribution in [2.24, 2.45) is 7.05 Å². The van der Waals surface area contributed by atoms with Crippen LogP contribution < -0.4 is 0 Å². The van der Waals surface area contributed by atoms with Gasteiger partial charge in [-0.15, -0.1) is 0 Å². The highest BCUT2D eigenvalue weighted by atomic mass is 32.2. The van der Waals surface area contributed by atoms with Crippen molar-refractivity contribution in [2.75, 3.05) is 0 Å². The lowest BCUT2D eigenvalue weighted by Gasteiger charge is -2.01. The van der Waals surface area contributed by atoms with Gasteiger partial charge in [0.05, 0.1) is 5.69 Å². The van der Waals surface area contributed by atoms with E-state index in [0.29, 0.717) is 17.9 Å². The minimum absolute atomic E-state index is 0.0862. The number of hydrogen-bond donors (Lipinski definition) is 1. The van der Waals surface area contributed by atoms with Gasteiger partial charge in [0.25, 0.3) is 0 Å². The highest BCUT2D eigenvalue weighted by Crippen LogP contribution is 2.17. The van der Waals surface area contributed by atoms with Crippen molar-refractivity contribution < 1.29 is 13.0 Å². The molecule has 0 spiro atoms. The van der Waals surface area contributed by atoms with Gasteiger partial charge in [-0.3, -0.25) is 4.55 Å². The lowest BCUT2D eigenvalue weighted by atomic mass is 10.3. The predicted octanol–water partition coefficient (Wildman–Crippen LogP) is 0.928. The summed E-state index contributed by atoms with van der Waals surface area (Å²) in [6.45, 7) is 3.63. The zero-order valence-electron chi connectivity index (χ0n) is 8.48. The Balaban J connectivity index is 3.38. The second-order valence-electron chi connectivity index (χ2n) is 3.19. The van der Waals surface area contributed by atoms with E-state index in [1.807, 2.05) is 6.92 Å². The fourth-order valence-corrected chi connectivity index (χ4v) is 2.30. The summed E-state index contributed by atoms with van der Waals surface area (Å²) in [6.07, 6.45) is 1.34. The zero-order valence-corrected chi connectivity index (χ0v) is 9.30. The smallest absolute Gasteiger partial charge is 0.312 e. The zero-order chi connectivity index (χ0) is 10.9. The highest BCUT2D eigenvalue weighted by Gasteiger charge is 2.22. The number of hydrogen-bond acceptors (Lipinski definition) is 3. The van der Waals surface area contributed by atoms with Gasteiger partial charge < -0.3 is 4.57 Å². The molecule has 0 aliphatic carbocycles. The summed E-state index contributed by atoms with van der Waals surface area (Å²) in [5, 5.41) is -0.0862. The second-order valence-corrected chi connectivity index (χ2v) is 4.53. The van der Waals surface area contributed by atoms with Crippen molar-refractivity contribution in [3.8, 4) is 0 Å². The maximum atomic E-state index is 11.1. The minimum Gasteiger partial charge on any atom is -0.320 e. The molecule has 0 fully saturated rings. The quantitative estimate of drug-likeness (QED) is 0.766. The molecule has 0 radical (unpaired) electrons. The van der Waals surface area contributed by atoms with Gasteiger partial charge in [-0.05, 0) is 13.3 Å². The Hall–Kier alpha value is -0.880. The molecule has 0 aliphatic heterocycles. The Morgan fingerprint density at radius 2 is 2.07 bits per heavy atom. The maximum absolute atomic E-state index is 11.1. The maximum Gasteiger partial charge on any atom is 0.312 e. The number of aromatic nitrogens is 2. The molecule has 0 bridgehead atoms. The number of aryl methyl sites for hydroxylation is 2. The summed E-state index contributed by atoms with van der Waals surface area (Å²) >= 11 is 0. The van der Waals surface area contributed by atoms with Crippen LogP contribution in [-0.2, 0) is 23.6 Å². The van der Waals surface area contributed by atoms with Gasteiger partial charge in [-0.2, -0.15) is 8.42 Å². The fraction of sp³-hybridized carbons (Fsp3) is 0.625. The topological polar surface area (TPSA) is 72.2 Å². The Bertz CT molecular complexity index is 434. The van der Waals surface area contributed by atoms with Crippen LogP contribution in [0, 0.1) is 6.92 Å². The number of imidazole rings is 1. The average molecular weight is 218 g/mol. The molecule has 80 valence electrons. The molecular formula is C8H14N2O3S. The van der Waals surface area contributed by atoms with E-state index < -0.39 is 10.1 Å². The van der Waals surface area contributed by atoms with Crippen molar-refractivity contribution in [1.29, 1.82) is 0 Å². The standard InChI is InChI=1S/C8H14N2O3S/c1-4-5-7-8(14(11,12)13)10(3)6(2)9-7/h4-5H2,1-3H3,(H,11,12,13). The molecule has 6 heteroatoms. The monoisotopic (exact) mass is 218 g/mol. The fourth-order valence-electron chi connectivity index (χ4n) is 1.38. The van der Waals surface area contributed by atoms with Gasteiger partial charge in [0.15, 0.2) is 5.03 Å². The Labute approximate surface area is 83.5 Å². The molecular weight excluding hydrogens is 204 g/mol. The lowest BCUT2D eigenvalue weighted by Crippen LogP contribution is -2.08. The van der Waals surface area contributed by atoms with Crippen LogP contribution in [0.15, 0.2) is 5.03 Å². The lowest BCUT2D eigenvalue weighted by molar-refractivity contribution is 0.472. The Kier molecular flexibility index (Phi) is 2.96. The van der Waals surface area contributed by atoms with E-state index in [2.05, 4.69) is 4.98 Å². The van der Waals surface area contributed by atoms with Gasteiger partial charge in [0, 0.05) is 7.05 Å². The SMILES string of the molecule is CCCc1nc(C)n(C)c1S(=O)(=O)O. The van der Waals surface area contributed by atoms with Crippen molar-refractivity contribution in [1.82, 2.24) is 9.55 Å². The molecule has 0 saturated heterocycles. The molecule has 1 aromatic rings. The van der Waals surface area contributed by atoms with Crippen molar-refractivity contribution in [2.45, 2.75) is 31.7 Å². The summed E-state index contributed by atoms with van der Waals surface area (Å²) in [5.74, 6) is 0.584. The third kappa shape index (κ3) is 1.96. The predicted molar refractivity (Wildman–Crippen MR) is 51.8 cm³/mol. The number of rotatable bonds is 3. The molecule has 0 saturated carbocycles. The normalized spacial score (nSPS) is 12.0. The van der Waals surface area contributed by atoms with Crippen molar-refractivity contribution in [3.63, 3.8) is 0 Å². The molecule has 0 atom stereocenters. The molecule has 0 aliphatic rings. The summed E-state index contributed by atoms with van der Waals surface area (Å²) < 4.78 is 32.5. The Morgan fingerprint density at radius 1 is 1.50 bits per heavy atom. The molecule has 1 rings (SSSR count). The van der Waals surface area contributed by atoms with Gasteiger partial charge in [0.2, 0.25) is 0 Å². The first-order valence-electron chi connectivity index (χ1n) is 4.37. The first-order valence-corrected chi connectivity index (χ1v) is 5.81.